The smallest absolute Gasteiger partial charge is 0.135 e. The minimum absolute atomic E-state index is 0.877. The van der Waals surface area contributed by atoms with Crippen molar-refractivity contribution in [3.8, 4) is 11.8 Å². The number of aliphatic imine (C=N–C) groups is 2. The molecule has 72 heavy (non-hydrogen) atoms. The van der Waals surface area contributed by atoms with Crippen LogP contribution in [0.4, 0.5) is 11.4 Å². The van der Waals surface area contributed by atoms with E-state index >= 15 is 0 Å². The molecular weight excluding hydrogens is 869 g/mol. The van der Waals surface area contributed by atoms with E-state index in [9.17, 15) is 0 Å². The summed E-state index contributed by atoms with van der Waals surface area (Å²) >= 11 is 0. The van der Waals surface area contributed by atoms with Crippen LogP contribution in [0.1, 0.15) is 321 Å². The summed E-state index contributed by atoms with van der Waals surface area (Å²) in [4.78, 5) is 11.0. The molecule has 0 heterocycles. The van der Waals surface area contributed by atoms with Crippen LogP contribution in [0.25, 0.3) is 0 Å². The molecule has 0 unspecified atom stereocenters. The molecule has 0 saturated heterocycles. The van der Waals surface area contributed by atoms with Gasteiger partial charge < -0.3 is 0 Å². The molecule has 2 aromatic carbocycles. The average molecular weight is 986 g/mol. The number of unbranched alkanes of at least 4 members (excludes halogenated alkanes) is 37. The molecule has 406 valence electrons. The third-order valence-corrected chi connectivity index (χ3v) is 14.8. The van der Waals surface area contributed by atoms with Gasteiger partial charge in [-0.15, -0.1) is 0 Å². The lowest BCUT2D eigenvalue weighted by Crippen LogP contribution is -2.13. The zero-order chi connectivity index (χ0) is 51.3. The van der Waals surface area contributed by atoms with Gasteiger partial charge in [-0.3, -0.25) is 4.99 Å². The maximum Gasteiger partial charge on any atom is 0.135 e. The van der Waals surface area contributed by atoms with Gasteiger partial charge in [0, 0.05) is 6.42 Å². The van der Waals surface area contributed by atoms with Crippen molar-refractivity contribution < 1.29 is 0 Å². The van der Waals surface area contributed by atoms with Crippen LogP contribution in [-0.2, 0) is 12.8 Å². The second-order valence-corrected chi connectivity index (χ2v) is 21.7. The first-order valence-electron chi connectivity index (χ1n) is 31.8. The maximum absolute atomic E-state index is 5.50. The summed E-state index contributed by atoms with van der Waals surface area (Å²) in [5, 5.41) is 0. The van der Waals surface area contributed by atoms with Gasteiger partial charge in [-0.1, -0.05) is 300 Å². The highest BCUT2D eigenvalue weighted by Gasteiger charge is 2.12. The van der Waals surface area contributed by atoms with Gasteiger partial charge in [0.15, 0.2) is 0 Å². The lowest BCUT2D eigenvalue weighted by molar-refractivity contribution is 0.530. The Bertz CT molecular complexity index is 1680. The number of aryl methyl sites for hydroxylation is 2. The van der Waals surface area contributed by atoms with Crippen molar-refractivity contribution in [2.75, 3.05) is 0 Å². The number of para-hydroxylation sites is 2. The van der Waals surface area contributed by atoms with Gasteiger partial charge in [-0.25, -0.2) is 4.99 Å². The van der Waals surface area contributed by atoms with Crippen LogP contribution in [0, 0.1) is 11.8 Å². The third-order valence-electron chi connectivity index (χ3n) is 14.8. The topological polar surface area (TPSA) is 24.7 Å². The van der Waals surface area contributed by atoms with Crippen molar-refractivity contribution in [3.63, 3.8) is 0 Å². The number of nitrogens with zero attached hydrogens (tertiary/aromatic N) is 2. The van der Waals surface area contributed by atoms with Crippen LogP contribution >= 0.6 is 0 Å². The number of allylic oxidation sites excluding steroid dienone is 4. The molecule has 2 nitrogen and oxygen atoms in total. The molecule has 0 aliphatic rings. The molecule has 0 saturated carbocycles. The fourth-order valence-electron chi connectivity index (χ4n) is 10.0. The van der Waals surface area contributed by atoms with Crippen molar-refractivity contribution in [3.05, 3.63) is 84.0 Å². The molecule has 0 bridgehead atoms. The predicted molar refractivity (Wildman–Crippen MR) is 326 cm³/mol. The summed E-state index contributed by atoms with van der Waals surface area (Å²) in [7, 11) is 0. The Kier molecular flexibility index (Phi) is 46.3. The summed E-state index contributed by atoms with van der Waals surface area (Å²) < 4.78 is 0. The van der Waals surface area contributed by atoms with E-state index in [-0.39, 0.29) is 0 Å². The number of hydrogen-bond donors (Lipinski definition) is 0. The molecule has 0 N–H and O–H groups in total. The summed E-state index contributed by atoms with van der Waals surface area (Å²) in [6, 6.07) is 17.7. The van der Waals surface area contributed by atoms with Crippen LogP contribution in [-0.4, -0.2) is 11.4 Å². The van der Waals surface area contributed by atoms with E-state index in [0.717, 1.165) is 87.0 Å². The first-order valence-corrected chi connectivity index (χ1v) is 31.8. The van der Waals surface area contributed by atoms with Gasteiger partial charge in [0.1, 0.15) is 5.71 Å². The molecule has 0 spiro atoms. The molecule has 0 aromatic heterocycles. The average Bonchev–Trinajstić information content (AvgIpc) is 3.40. The fourth-order valence-corrected chi connectivity index (χ4v) is 10.0. The lowest BCUT2D eigenvalue weighted by atomic mass is 10.0. The van der Waals surface area contributed by atoms with Gasteiger partial charge in [-0.05, 0) is 113 Å². The standard InChI is InChI=1S/C70H116N2/c1-5-9-13-16-19-22-25-28-31-32-33-34-37-40-43-46-49-52-64-70(72-68-63-56-54-60-66(68)58-51-48-45-42-39-36-30-27-24-21-18-15-11-7-3)69(61-12-8-4)71-67-62-55-53-59-65(67)57-50-47-44-41-38-35-29-26-23-20-17-14-10-6-2/h41-42,44-45,53-56,59-60,62-63H,5-40,43,46-51,57-58,61H2,1-4H3/b44-41+,45-42+,71-69?,72-70?. The Balaban J connectivity index is 2.05. The minimum atomic E-state index is 0.877. The van der Waals surface area contributed by atoms with Gasteiger partial charge in [0.05, 0.1) is 17.1 Å². The first kappa shape index (κ1) is 64.9. The molecule has 0 radical (unpaired) electrons. The lowest BCUT2D eigenvalue weighted by Gasteiger charge is -2.11. The van der Waals surface area contributed by atoms with Crippen molar-refractivity contribution in [1.82, 2.24) is 0 Å². The molecular formula is C70H116N2. The minimum Gasteiger partial charge on any atom is -0.250 e. The van der Waals surface area contributed by atoms with Crippen molar-refractivity contribution >= 4 is 22.8 Å². The number of rotatable bonds is 50. The van der Waals surface area contributed by atoms with E-state index in [1.165, 1.54) is 242 Å². The number of hydrogen-bond acceptors (Lipinski definition) is 2. The van der Waals surface area contributed by atoms with E-state index in [2.05, 4.69) is 112 Å². The molecule has 2 aromatic rings. The highest BCUT2D eigenvalue weighted by Crippen LogP contribution is 2.26. The van der Waals surface area contributed by atoms with Gasteiger partial charge in [-0.2, -0.15) is 0 Å². The predicted octanol–water partition coefficient (Wildman–Crippen LogP) is 24.0. The summed E-state index contributed by atoms with van der Waals surface area (Å²) in [5.74, 6) is 7.30. The zero-order valence-corrected chi connectivity index (χ0v) is 48.3. The number of benzene rings is 2. The highest BCUT2D eigenvalue weighted by molar-refractivity contribution is 6.49. The third kappa shape index (κ3) is 38.4. The van der Waals surface area contributed by atoms with E-state index < -0.39 is 0 Å². The molecule has 0 aliphatic carbocycles. The molecule has 0 fully saturated rings. The molecule has 0 atom stereocenters. The van der Waals surface area contributed by atoms with E-state index in [1.807, 2.05) is 0 Å². The van der Waals surface area contributed by atoms with E-state index in [1.54, 1.807) is 0 Å². The molecule has 0 amide bonds. The van der Waals surface area contributed by atoms with Gasteiger partial charge >= 0.3 is 0 Å². The summed E-state index contributed by atoms with van der Waals surface area (Å²) in [6.07, 6.45) is 70.1. The zero-order valence-electron chi connectivity index (χ0n) is 48.3. The van der Waals surface area contributed by atoms with Crippen LogP contribution in [0.3, 0.4) is 0 Å². The largest absolute Gasteiger partial charge is 0.250 e. The van der Waals surface area contributed by atoms with Crippen LogP contribution in [0.2, 0.25) is 0 Å². The summed E-state index contributed by atoms with van der Waals surface area (Å²) in [6.45, 7) is 9.20. The van der Waals surface area contributed by atoms with E-state index in [0.29, 0.717) is 0 Å². The van der Waals surface area contributed by atoms with Crippen molar-refractivity contribution in [1.29, 1.82) is 0 Å². The monoisotopic (exact) mass is 985 g/mol. The normalized spacial score (nSPS) is 12.2. The molecule has 2 rings (SSSR count). The quantitative estimate of drug-likeness (QED) is 0.0273. The maximum atomic E-state index is 5.50. The Hall–Kier alpha value is -3.18. The second-order valence-electron chi connectivity index (χ2n) is 21.7. The Labute approximate surface area is 449 Å². The van der Waals surface area contributed by atoms with Crippen LogP contribution in [0.5, 0.6) is 0 Å². The SMILES string of the molecule is CCCCCCCCCCC/C=C/CCCc1ccccc1N=C(C#CCCCCCCCCCCCCCCCCCC)C(CCCC)=Nc1ccccc1CCC/C=C/CCCCCCCCCCC. The Morgan fingerprint density at radius 3 is 1.06 bits per heavy atom. The highest BCUT2D eigenvalue weighted by atomic mass is 14.8. The van der Waals surface area contributed by atoms with Crippen LogP contribution in [0.15, 0.2) is 82.8 Å². The second kappa shape index (κ2) is 51.3. The van der Waals surface area contributed by atoms with Crippen LogP contribution < -0.4 is 0 Å². The van der Waals surface area contributed by atoms with Gasteiger partial charge in [0.2, 0.25) is 0 Å². The van der Waals surface area contributed by atoms with E-state index in [4.69, 9.17) is 9.98 Å². The Morgan fingerprint density at radius 2 is 0.667 bits per heavy atom. The van der Waals surface area contributed by atoms with Gasteiger partial charge in [0.25, 0.3) is 0 Å². The molecule has 2 heteroatoms. The molecule has 0 aliphatic heterocycles. The first-order chi connectivity index (χ1) is 35.7. The van der Waals surface area contributed by atoms with Crippen molar-refractivity contribution in [2.45, 2.75) is 323 Å². The summed E-state index contributed by atoms with van der Waals surface area (Å²) in [5.41, 5.74) is 6.75. The Morgan fingerprint density at radius 1 is 0.347 bits per heavy atom. The van der Waals surface area contributed by atoms with Crippen molar-refractivity contribution in [2.24, 2.45) is 9.98 Å². The fraction of sp³-hybridized carbons (Fsp3) is 0.714.